The highest BCUT2D eigenvalue weighted by atomic mass is 35.5. The summed E-state index contributed by atoms with van der Waals surface area (Å²) in [5.74, 6) is 0.644. The third-order valence-electron chi connectivity index (χ3n) is 6.37. The van der Waals surface area contributed by atoms with Crippen molar-refractivity contribution in [3.8, 4) is 0 Å². The summed E-state index contributed by atoms with van der Waals surface area (Å²) >= 11 is 6.02. The first-order chi connectivity index (χ1) is 13.8. The van der Waals surface area contributed by atoms with E-state index in [0.29, 0.717) is 31.5 Å². The number of fused-ring (bicyclic) bond motifs is 1. The number of hydrogen-bond acceptors (Lipinski definition) is 4. The van der Waals surface area contributed by atoms with Gasteiger partial charge in [-0.1, -0.05) is 29.8 Å². The molecular weight excluding hydrogens is 390 g/mol. The predicted octanol–water partition coefficient (Wildman–Crippen LogP) is 4.25. The Bertz CT molecular complexity index is 941. The van der Waals surface area contributed by atoms with Gasteiger partial charge in [0.2, 0.25) is 0 Å². The van der Waals surface area contributed by atoms with Gasteiger partial charge in [0.05, 0.1) is 23.9 Å². The number of hydrogen-bond donors (Lipinski definition) is 0. The minimum Gasteiger partial charge on any atom is -0.374 e. The van der Waals surface area contributed by atoms with Crippen molar-refractivity contribution in [1.29, 1.82) is 0 Å². The van der Waals surface area contributed by atoms with Crippen molar-refractivity contribution in [2.45, 2.75) is 46.3 Å². The molecule has 0 radical (unpaired) electrons. The number of carbonyl (C=O) groups excluding carboxylic acids is 2. The zero-order valence-corrected chi connectivity index (χ0v) is 17.8. The average molecular weight is 416 g/mol. The van der Waals surface area contributed by atoms with Gasteiger partial charge in [-0.15, -0.1) is 0 Å². The van der Waals surface area contributed by atoms with E-state index in [-0.39, 0.29) is 28.6 Å². The van der Waals surface area contributed by atoms with Gasteiger partial charge < -0.3 is 9.64 Å². The Morgan fingerprint density at radius 2 is 1.90 bits per heavy atom. The number of ketones is 1. The molecule has 1 unspecified atom stereocenters. The van der Waals surface area contributed by atoms with Crippen LogP contribution in [0.15, 0.2) is 24.4 Å². The lowest BCUT2D eigenvalue weighted by Gasteiger charge is -2.19. The first-order valence-electron chi connectivity index (χ1n) is 10.1. The van der Waals surface area contributed by atoms with Crippen LogP contribution < -0.4 is 0 Å². The van der Waals surface area contributed by atoms with Crippen molar-refractivity contribution < 1.29 is 14.3 Å². The Balaban J connectivity index is 1.33. The molecule has 0 N–H and O–H groups in total. The van der Waals surface area contributed by atoms with Gasteiger partial charge in [0.15, 0.2) is 5.78 Å². The van der Waals surface area contributed by atoms with Crippen LogP contribution in [0, 0.1) is 25.7 Å². The van der Waals surface area contributed by atoms with Gasteiger partial charge in [-0.25, -0.2) is 4.79 Å². The maximum atomic E-state index is 12.8. The van der Waals surface area contributed by atoms with Crippen LogP contribution >= 0.6 is 11.6 Å². The first kappa shape index (κ1) is 20.1. The van der Waals surface area contributed by atoms with E-state index in [0.717, 1.165) is 12.8 Å². The number of ether oxygens (including phenoxy) is 1. The predicted molar refractivity (Wildman–Crippen MR) is 110 cm³/mol. The van der Waals surface area contributed by atoms with E-state index in [4.69, 9.17) is 16.3 Å². The zero-order chi connectivity index (χ0) is 20.7. The lowest BCUT2D eigenvalue weighted by Crippen LogP contribution is -2.34. The van der Waals surface area contributed by atoms with E-state index < -0.39 is 0 Å². The number of carbonyl (C=O) groups is 2. The van der Waals surface area contributed by atoms with Crippen LogP contribution in [-0.2, 0) is 11.3 Å². The molecule has 2 aromatic rings. The number of nitrogens with zero attached hydrogens (tertiary/aromatic N) is 3. The number of benzene rings is 1. The first-order valence-corrected chi connectivity index (χ1v) is 10.4. The quantitative estimate of drug-likeness (QED) is 0.700. The Morgan fingerprint density at radius 1 is 1.21 bits per heavy atom. The molecule has 0 spiro atoms. The molecule has 3 atom stereocenters. The molecule has 7 heteroatoms. The van der Waals surface area contributed by atoms with Crippen molar-refractivity contribution >= 4 is 23.4 Å². The Kier molecular flexibility index (Phi) is 5.49. The fourth-order valence-electron chi connectivity index (χ4n) is 4.55. The summed E-state index contributed by atoms with van der Waals surface area (Å²) in [6.07, 6.45) is 3.60. The summed E-state index contributed by atoms with van der Waals surface area (Å²) in [4.78, 5) is 26.1. The second kappa shape index (κ2) is 7.92. The number of likely N-dealkylation sites (tertiary alicyclic amines) is 1. The fourth-order valence-corrected chi connectivity index (χ4v) is 4.81. The molecule has 1 aromatic heterocycles. The van der Waals surface area contributed by atoms with Gasteiger partial charge in [0.25, 0.3) is 0 Å². The van der Waals surface area contributed by atoms with Crippen molar-refractivity contribution in [3.05, 3.63) is 51.8 Å². The zero-order valence-electron chi connectivity index (χ0n) is 17.0. The summed E-state index contributed by atoms with van der Waals surface area (Å²) in [6.45, 7) is 7.68. The number of aromatic nitrogens is 2. The fraction of sp³-hybridized carbons (Fsp3) is 0.500. The standard InChI is InChI=1S/C22H26ClN3O3/c1-13-5-4-6-16(14(13)2)12-29-19-7-17-9-25(10-18(17)8-19)22(28)26-11-20(23)21(24-26)15(3)27/h4-6,11,17-19H,7-10,12H2,1-3H3/t17-,18+,19?. The molecule has 6 nitrogen and oxygen atoms in total. The molecule has 1 aromatic carbocycles. The number of amides is 1. The van der Waals surface area contributed by atoms with E-state index in [1.165, 1.54) is 34.5 Å². The van der Waals surface area contributed by atoms with Gasteiger partial charge in [-0.05, 0) is 55.2 Å². The van der Waals surface area contributed by atoms with Crippen LogP contribution in [0.3, 0.4) is 0 Å². The minimum absolute atomic E-state index is 0.138. The normalized spacial score (nSPS) is 23.4. The van der Waals surface area contributed by atoms with Crippen molar-refractivity contribution in [2.24, 2.45) is 11.8 Å². The van der Waals surface area contributed by atoms with Crippen molar-refractivity contribution in [2.75, 3.05) is 13.1 Å². The lowest BCUT2D eigenvalue weighted by molar-refractivity contribution is 0.0380. The van der Waals surface area contributed by atoms with Crippen LogP contribution in [-0.4, -0.2) is 45.7 Å². The van der Waals surface area contributed by atoms with Crippen LogP contribution in [0.2, 0.25) is 5.02 Å². The second-order valence-corrected chi connectivity index (χ2v) is 8.70. The van der Waals surface area contributed by atoms with E-state index >= 15 is 0 Å². The third kappa shape index (κ3) is 3.96. The molecule has 2 heterocycles. The van der Waals surface area contributed by atoms with E-state index in [1.54, 1.807) is 0 Å². The monoisotopic (exact) mass is 415 g/mol. The minimum atomic E-state index is -0.247. The largest absolute Gasteiger partial charge is 0.374 e. The van der Waals surface area contributed by atoms with Gasteiger partial charge >= 0.3 is 6.03 Å². The second-order valence-electron chi connectivity index (χ2n) is 8.30. The van der Waals surface area contributed by atoms with E-state index in [2.05, 4.69) is 37.1 Å². The molecule has 1 aliphatic carbocycles. The van der Waals surface area contributed by atoms with E-state index in [9.17, 15) is 9.59 Å². The molecule has 1 saturated carbocycles. The maximum Gasteiger partial charge on any atom is 0.344 e. The number of halogens is 1. The highest BCUT2D eigenvalue weighted by Gasteiger charge is 2.43. The van der Waals surface area contributed by atoms with Crippen LogP contribution in [0.25, 0.3) is 0 Å². The summed E-state index contributed by atoms with van der Waals surface area (Å²) < 4.78 is 7.40. The Hall–Kier alpha value is -2.18. The molecule has 1 saturated heterocycles. The van der Waals surface area contributed by atoms with Crippen molar-refractivity contribution in [3.63, 3.8) is 0 Å². The lowest BCUT2D eigenvalue weighted by atomic mass is 10.0. The smallest absolute Gasteiger partial charge is 0.344 e. The molecular formula is C22H26ClN3O3. The van der Waals surface area contributed by atoms with Crippen LogP contribution in [0.4, 0.5) is 4.79 Å². The highest BCUT2D eigenvalue weighted by Crippen LogP contribution is 2.40. The number of Topliss-reactive ketones (excluding diaryl/α,β-unsaturated/α-hetero) is 1. The molecule has 1 aliphatic heterocycles. The van der Waals surface area contributed by atoms with Crippen molar-refractivity contribution in [1.82, 2.24) is 14.7 Å². The molecule has 2 aliphatic rings. The summed E-state index contributed by atoms with van der Waals surface area (Å²) in [5, 5.41) is 4.27. The summed E-state index contributed by atoms with van der Waals surface area (Å²) in [5.41, 5.74) is 3.97. The topological polar surface area (TPSA) is 64.4 Å². The molecule has 29 heavy (non-hydrogen) atoms. The summed E-state index contributed by atoms with van der Waals surface area (Å²) in [7, 11) is 0. The SMILES string of the molecule is CC(=O)c1nn(C(=O)N2C[C@H]3CC(OCc4cccc(C)c4C)C[C@H]3C2)cc1Cl. The molecule has 1 amide bonds. The molecule has 4 rings (SSSR count). The van der Waals surface area contributed by atoms with Gasteiger partial charge in [0.1, 0.15) is 5.69 Å². The Morgan fingerprint density at radius 3 is 2.52 bits per heavy atom. The number of aryl methyl sites for hydroxylation is 1. The van der Waals surface area contributed by atoms with Gasteiger partial charge in [0, 0.05) is 20.0 Å². The van der Waals surface area contributed by atoms with E-state index in [1.807, 2.05) is 4.90 Å². The van der Waals surface area contributed by atoms with Crippen LogP contribution in [0.1, 0.15) is 46.9 Å². The highest BCUT2D eigenvalue weighted by molar-refractivity contribution is 6.33. The Labute approximate surface area is 175 Å². The maximum absolute atomic E-state index is 12.8. The molecule has 2 fully saturated rings. The molecule has 0 bridgehead atoms. The number of rotatable bonds is 4. The third-order valence-corrected chi connectivity index (χ3v) is 6.65. The van der Waals surface area contributed by atoms with Gasteiger partial charge in [-0.3, -0.25) is 4.79 Å². The average Bonchev–Trinajstić information content (AvgIpc) is 3.35. The van der Waals surface area contributed by atoms with Gasteiger partial charge in [-0.2, -0.15) is 9.78 Å². The summed E-state index contributed by atoms with van der Waals surface area (Å²) in [6, 6.07) is 6.11. The molecule has 154 valence electrons. The van der Waals surface area contributed by atoms with Crippen LogP contribution in [0.5, 0.6) is 0 Å².